The molecule has 0 unspecified atom stereocenters. The summed E-state index contributed by atoms with van der Waals surface area (Å²) >= 11 is 5.35. The van der Waals surface area contributed by atoms with E-state index >= 15 is 0 Å². The van der Waals surface area contributed by atoms with Gasteiger partial charge in [0.2, 0.25) is 0 Å². The highest BCUT2D eigenvalue weighted by Gasteiger charge is 2.52. The molecule has 0 bridgehead atoms. The maximum atomic E-state index is 15.0. The molecule has 0 saturated carbocycles. The Morgan fingerprint density at radius 1 is 1.29 bits per heavy atom. The van der Waals surface area contributed by atoms with Crippen molar-refractivity contribution in [2.45, 2.75) is 25.6 Å². The first kappa shape index (κ1) is 22.2. The number of benzene rings is 1. The van der Waals surface area contributed by atoms with E-state index in [1.807, 2.05) is 0 Å². The van der Waals surface area contributed by atoms with Gasteiger partial charge in [-0.1, -0.05) is 0 Å². The van der Waals surface area contributed by atoms with Crippen LogP contribution in [0, 0.1) is 17.1 Å². The molecule has 2 N–H and O–H groups in total. The van der Waals surface area contributed by atoms with Crippen LogP contribution in [-0.2, 0) is 11.0 Å². The second-order valence-electron chi connectivity index (χ2n) is 7.03. The number of carbonyl (C=O) groups is 1. The molecule has 7 nitrogen and oxygen atoms in total. The Kier molecular flexibility index (Phi) is 5.27. The number of thiocarbonyl (C=S) groups is 1. The van der Waals surface area contributed by atoms with Gasteiger partial charge < -0.3 is 10.5 Å². The molecule has 0 radical (unpaired) electrons. The lowest BCUT2D eigenvalue weighted by Gasteiger charge is -2.30. The fourth-order valence-corrected chi connectivity index (χ4v) is 3.80. The number of methoxy groups -OCH3 is 1. The monoisotopic (exact) mass is 453 g/mol. The van der Waals surface area contributed by atoms with Crippen molar-refractivity contribution in [1.82, 2.24) is 4.98 Å². The van der Waals surface area contributed by atoms with Crippen LogP contribution in [0.15, 0.2) is 24.4 Å². The van der Waals surface area contributed by atoms with E-state index < -0.39 is 40.3 Å². The molecular weight excluding hydrogens is 438 g/mol. The van der Waals surface area contributed by atoms with Crippen LogP contribution in [0.4, 0.5) is 34.8 Å². The van der Waals surface area contributed by atoms with Crippen molar-refractivity contribution in [2.24, 2.45) is 0 Å². The zero-order valence-corrected chi connectivity index (χ0v) is 17.2. The number of anilines is 3. The summed E-state index contributed by atoms with van der Waals surface area (Å²) in [6.45, 7) is 2.92. The molecule has 3 rings (SSSR count). The van der Waals surface area contributed by atoms with Crippen LogP contribution < -0.4 is 20.3 Å². The molecule has 1 aromatic carbocycles. The number of alkyl halides is 3. The highest BCUT2D eigenvalue weighted by molar-refractivity contribution is 7.81. The maximum Gasteiger partial charge on any atom is 0.420 e. The topological polar surface area (TPSA) is 95.5 Å². The van der Waals surface area contributed by atoms with Gasteiger partial charge in [-0.25, -0.2) is 9.37 Å². The molecule has 1 saturated heterocycles. The highest BCUT2D eigenvalue weighted by Crippen LogP contribution is 2.43. The average Bonchev–Trinajstić information content (AvgIpc) is 2.85. The predicted octanol–water partition coefficient (Wildman–Crippen LogP) is 3.62. The van der Waals surface area contributed by atoms with Crippen molar-refractivity contribution in [1.29, 1.82) is 5.26 Å². The van der Waals surface area contributed by atoms with Crippen LogP contribution in [0.2, 0.25) is 0 Å². The summed E-state index contributed by atoms with van der Waals surface area (Å²) in [6.07, 6.45) is -3.87. The Hall–Kier alpha value is -3.46. The summed E-state index contributed by atoms with van der Waals surface area (Å²) in [6, 6.07) is 4.39. The van der Waals surface area contributed by atoms with E-state index in [4.69, 9.17) is 28.0 Å². The number of nitrogens with two attached hydrogens (primary N) is 1. The minimum Gasteiger partial charge on any atom is -0.494 e. The molecule has 1 aliphatic heterocycles. The summed E-state index contributed by atoms with van der Waals surface area (Å²) in [5, 5.41) is 8.66. The van der Waals surface area contributed by atoms with E-state index in [1.165, 1.54) is 44.2 Å². The van der Waals surface area contributed by atoms with E-state index in [1.54, 1.807) is 0 Å². The number of hydrogen-bond acceptors (Lipinski definition) is 6. The number of carbonyl (C=O) groups excluding carboxylic acids is 1. The fourth-order valence-electron chi connectivity index (χ4n) is 3.30. The van der Waals surface area contributed by atoms with Gasteiger partial charge in [-0.2, -0.15) is 18.4 Å². The Labute approximate surface area is 179 Å². The summed E-state index contributed by atoms with van der Waals surface area (Å²) in [5.74, 6) is -2.23. The van der Waals surface area contributed by atoms with Crippen molar-refractivity contribution in [3.63, 3.8) is 0 Å². The van der Waals surface area contributed by atoms with Crippen molar-refractivity contribution in [2.75, 3.05) is 22.6 Å². The molecule has 1 amide bonds. The van der Waals surface area contributed by atoms with Gasteiger partial charge in [0.25, 0.3) is 5.91 Å². The lowest BCUT2D eigenvalue weighted by Crippen LogP contribution is -2.44. The van der Waals surface area contributed by atoms with Crippen LogP contribution in [0.1, 0.15) is 25.0 Å². The lowest BCUT2D eigenvalue weighted by atomic mass is 10.0. The van der Waals surface area contributed by atoms with E-state index in [0.717, 1.165) is 12.1 Å². The molecule has 12 heteroatoms. The van der Waals surface area contributed by atoms with Crippen LogP contribution >= 0.6 is 12.2 Å². The van der Waals surface area contributed by atoms with Gasteiger partial charge >= 0.3 is 6.18 Å². The smallest absolute Gasteiger partial charge is 0.420 e. The predicted molar refractivity (Wildman–Crippen MR) is 108 cm³/mol. The summed E-state index contributed by atoms with van der Waals surface area (Å²) in [5.41, 5.74) is 1.03. The maximum absolute atomic E-state index is 15.0. The first-order valence-corrected chi connectivity index (χ1v) is 9.05. The molecular formula is C19H15F4N5O2S. The number of rotatable bonds is 3. The number of nitrogens with zero attached hydrogens (tertiary/aromatic N) is 4. The standard InChI is InChI=1S/C19H15F4N5O2S/c1-18(2)16(29)27(10-5-4-9(7-24)14(15(10)20)19(21,22)23)17(31)28(18)11-8-26-13(25)6-12(11)30-3/h4-6,8H,1-3H3,(H2,25,26). The van der Waals surface area contributed by atoms with Crippen LogP contribution in [0.25, 0.3) is 0 Å². The third-order valence-electron chi connectivity index (χ3n) is 4.76. The number of pyridine rings is 1. The molecule has 2 heterocycles. The Morgan fingerprint density at radius 2 is 1.94 bits per heavy atom. The quantitative estimate of drug-likeness (QED) is 0.560. The normalized spacial score (nSPS) is 15.9. The van der Waals surface area contributed by atoms with Gasteiger partial charge in [0.15, 0.2) is 10.9 Å². The number of nitrogen functional groups attached to an aromatic ring is 1. The number of aromatic nitrogens is 1. The van der Waals surface area contributed by atoms with Gasteiger partial charge in [0, 0.05) is 6.07 Å². The number of amides is 1. The number of ether oxygens (including phenoxy) is 1. The minimum atomic E-state index is -5.16. The summed E-state index contributed by atoms with van der Waals surface area (Å²) in [4.78, 5) is 19.1. The third kappa shape index (κ3) is 3.40. The van der Waals surface area contributed by atoms with Crippen LogP contribution in [0.3, 0.4) is 0 Å². The molecule has 1 aromatic heterocycles. The first-order valence-electron chi connectivity index (χ1n) is 8.64. The average molecular weight is 453 g/mol. The number of halogens is 4. The molecule has 1 aliphatic rings. The van der Waals surface area contributed by atoms with Gasteiger partial charge in [-0.15, -0.1) is 0 Å². The van der Waals surface area contributed by atoms with E-state index in [-0.39, 0.29) is 22.4 Å². The van der Waals surface area contributed by atoms with E-state index in [0.29, 0.717) is 4.90 Å². The van der Waals surface area contributed by atoms with Gasteiger partial charge in [0.05, 0.1) is 30.6 Å². The van der Waals surface area contributed by atoms with E-state index in [9.17, 15) is 22.4 Å². The van der Waals surface area contributed by atoms with Crippen LogP contribution in [0.5, 0.6) is 5.75 Å². The number of nitriles is 1. The molecule has 31 heavy (non-hydrogen) atoms. The Balaban J connectivity index is 2.21. The highest BCUT2D eigenvalue weighted by atomic mass is 32.1. The van der Waals surface area contributed by atoms with Gasteiger partial charge in [0.1, 0.15) is 28.4 Å². The zero-order valence-electron chi connectivity index (χ0n) is 16.4. The first-order chi connectivity index (χ1) is 14.4. The summed E-state index contributed by atoms with van der Waals surface area (Å²) in [7, 11) is 1.35. The minimum absolute atomic E-state index is 0.125. The van der Waals surface area contributed by atoms with Crippen molar-refractivity contribution in [3.8, 4) is 11.8 Å². The zero-order chi connectivity index (χ0) is 23.3. The largest absolute Gasteiger partial charge is 0.494 e. The Bertz CT molecular complexity index is 1140. The van der Waals surface area contributed by atoms with Crippen molar-refractivity contribution >= 4 is 40.4 Å². The lowest BCUT2D eigenvalue weighted by molar-refractivity contribution is -0.140. The Morgan fingerprint density at radius 3 is 2.48 bits per heavy atom. The van der Waals surface area contributed by atoms with Crippen LogP contribution in [-0.4, -0.2) is 28.7 Å². The van der Waals surface area contributed by atoms with E-state index in [2.05, 4.69) is 4.98 Å². The second kappa shape index (κ2) is 7.35. The van der Waals surface area contributed by atoms with Crippen molar-refractivity contribution < 1.29 is 27.1 Å². The fraction of sp³-hybridized carbons (Fsp3) is 0.263. The summed E-state index contributed by atoms with van der Waals surface area (Å²) < 4.78 is 60.5. The second-order valence-corrected chi connectivity index (χ2v) is 7.39. The molecule has 0 spiro atoms. The molecule has 162 valence electrons. The van der Waals surface area contributed by atoms with Crippen molar-refractivity contribution in [3.05, 3.63) is 41.3 Å². The molecule has 0 atom stereocenters. The van der Waals surface area contributed by atoms with Gasteiger partial charge in [-0.05, 0) is 38.2 Å². The third-order valence-corrected chi connectivity index (χ3v) is 5.13. The SMILES string of the molecule is COc1cc(N)ncc1N1C(=S)N(c2ccc(C#N)c(C(F)(F)F)c2F)C(=O)C1(C)C. The number of hydrogen-bond donors (Lipinski definition) is 1. The molecule has 2 aromatic rings. The molecule has 0 aliphatic carbocycles. The molecule has 1 fully saturated rings. The van der Waals surface area contributed by atoms with Gasteiger partial charge in [-0.3, -0.25) is 14.6 Å².